The molecule has 0 bridgehead atoms. The molecule has 0 radical (unpaired) electrons. The molecule has 0 aliphatic heterocycles. The van der Waals surface area contributed by atoms with Crippen molar-refractivity contribution >= 4 is 5.69 Å². The average molecular weight is 311 g/mol. The van der Waals surface area contributed by atoms with E-state index in [0.717, 1.165) is 19.3 Å². The zero-order valence-electron chi connectivity index (χ0n) is 12.9. The first-order chi connectivity index (χ1) is 11.1. The van der Waals surface area contributed by atoms with Crippen LogP contribution in [0.5, 0.6) is 0 Å². The molecule has 0 aliphatic rings. The van der Waals surface area contributed by atoms with E-state index in [1.54, 1.807) is 22.8 Å². The van der Waals surface area contributed by atoms with Crippen LogP contribution in [0.4, 0.5) is 5.69 Å². The molecule has 0 amide bonds. The Kier molecular flexibility index (Phi) is 5.26. The van der Waals surface area contributed by atoms with Crippen LogP contribution in [-0.2, 0) is 6.54 Å². The van der Waals surface area contributed by atoms with E-state index in [0.29, 0.717) is 17.8 Å². The van der Waals surface area contributed by atoms with Crippen molar-refractivity contribution in [2.45, 2.75) is 32.7 Å². The van der Waals surface area contributed by atoms with Crippen molar-refractivity contribution in [2.24, 2.45) is 0 Å². The summed E-state index contributed by atoms with van der Waals surface area (Å²) in [6.07, 6.45) is 2.85. The smallest absolute Gasteiger partial charge is 0.269 e. The number of nitrogens with zero attached hydrogens (tertiary/aromatic N) is 3. The van der Waals surface area contributed by atoms with E-state index < -0.39 is 4.92 Å². The first kappa shape index (κ1) is 16.4. The normalized spacial score (nSPS) is 10.3. The topological polar surface area (TPSA) is 88.9 Å². The first-order valence-electron chi connectivity index (χ1n) is 7.47. The number of pyridine rings is 1. The molecule has 0 unspecified atom stereocenters. The molecule has 0 saturated heterocycles. The van der Waals surface area contributed by atoms with Gasteiger partial charge in [0.25, 0.3) is 11.2 Å². The molecule has 0 saturated carbocycles. The molecule has 0 aliphatic carbocycles. The monoisotopic (exact) mass is 311 g/mol. The van der Waals surface area contributed by atoms with E-state index in [1.165, 1.54) is 18.2 Å². The van der Waals surface area contributed by atoms with E-state index in [1.807, 2.05) is 6.07 Å². The molecule has 0 N–H and O–H groups in total. The van der Waals surface area contributed by atoms with Crippen molar-refractivity contribution in [3.05, 3.63) is 62.4 Å². The van der Waals surface area contributed by atoms with Crippen LogP contribution in [0, 0.1) is 21.4 Å². The van der Waals surface area contributed by atoms with Gasteiger partial charge < -0.3 is 4.57 Å². The SMILES string of the molecule is CCCCCn1c(-c2ccc([N+](=O)[O-])cc2)ccc(C#N)c1=O. The second kappa shape index (κ2) is 7.36. The quantitative estimate of drug-likeness (QED) is 0.464. The Morgan fingerprint density at radius 3 is 2.43 bits per heavy atom. The molecule has 23 heavy (non-hydrogen) atoms. The number of rotatable bonds is 6. The molecule has 2 rings (SSSR count). The standard InChI is InChI=1S/C17H17N3O3/c1-2-3-4-11-19-16(10-7-14(12-18)17(19)21)13-5-8-15(9-6-13)20(22)23/h5-10H,2-4,11H2,1H3. The van der Waals surface area contributed by atoms with Crippen LogP contribution < -0.4 is 5.56 Å². The molecule has 2 aromatic rings. The van der Waals surface area contributed by atoms with Gasteiger partial charge in [0, 0.05) is 18.7 Å². The predicted octanol–water partition coefficient (Wildman–Crippen LogP) is 3.49. The summed E-state index contributed by atoms with van der Waals surface area (Å²) in [7, 11) is 0. The van der Waals surface area contributed by atoms with Gasteiger partial charge in [-0.2, -0.15) is 5.26 Å². The summed E-state index contributed by atoms with van der Waals surface area (Å²) in [5, 5.41) is 19.8. The van der Waals surface area contributed by atoms with Crippen LogP contribution >= 0.6 is 0 Å². The minimum Gasteiger partial charge on any atom is -0.307 e. The molecule has 1 aromatic carbocycles. The Balaban J connectivity index is 2.48. The highest BCUT2D eigenvalue weighted by molar-refractivity contribution is 5.62. The number of nitro benzene ring substituents is 1. The maximum atomic E-state index is 12.4. The van der Waals surface area contributed by atoms with E-state index in [2.05, 4.69) is 6.92 Å². The van der Waals surface area contributed by atoms with Gasteiger partial charge in [0.05, 0.1) is 10.6 Å². The Bertz CT molecular complexity index is 801. The second-order valence-electron chi connectivity index (χ2n) is 5.21. The highest BCUT2D eigenvalue weighted by Gasteiger charge is 2.12. The number of nitro groups is 1. The van der Waals surface area contributed by atoms with Crippen LogP contribution in [0.2, 0.25) is 0 Å². The molecule has 0 fully saturated rings. The van der Waals surface area contributed by atoms with Gasteiger partial charge in [0.1, 0.15) is 11.6 Å². The number of benzene rings is 1. The lowest BCUT2D eigenvalue weighted by Crippen LogP contribution is -2.24. The van der Waals surface area contributed by atoms with E-state index >= 15 is 0 Å². The number of hydrogen-bond donors (Lipinski definition) is 0. The van der Waals surface area contributed by atoms with Crippen molar-refractivity contribution in [2.75, 3.05) is 0 Å². The third-order valence-electron chi connectivity index (χ3n) is 3.65. The molecule has 118 valence electrons. The summed E-state index contributed by atoms with van der Waals surface area (Å²) >= 11 is 0. The van der Waals surface area contributed by atoms with E-state index in [-0.39, 0.29) is 16.8 Å². The summed E-state index contributed by atoms with van der Waals surface area (Å²) in [6.45, 7) is 2.60. The zero-order chi connectivity index (χ0) is 16.8. The third-order valence-corrected chi connectivity index (χ3v) is 3.65. The van der Waals surface area contributed by atoms with Gasteiger partial charge in [-0.15, -0.1) is 0 Å². The minimum absolute atomic E-state index is 0.00211. The van der Waals surface area contributed by atoms with E-state index in [4.69, 9.17) is 5.26 Å². The van der Waals surface area contributed by atoms with Gasteiger partial charge in [0.15, 0.2) is 0 Å². The largest absolute Gasteiger partial charge is 0.307 e. The summed E-state index contributed by atoms with van der Waals surface area (Å²) in [5.41, 5.74) is 1.17. The van der Waals surface area contributed by atoms with Crippen LogP contribution in [0.15, 0.2) is 41.2 Å². The van der Waals surface area contributed by atoms with Crippen LogP contribution in [-0.4, -0.2) is 9.49 Å². The number of aromatic nitrogens is 1. The molecular formula is C17H17N3O3. The van der Waals surface area contributed by atoms with Crippen LogP contribution in [0.25, 0.3) is 11.3 Å². The average Bonchev–Trinajstić information content (AvgIpc) is 2.56. The van der Waals surface area contributed by atoms with Gasteiger partial charge in [-0.25, -0.2) is 0 Å². The number of unbranched alkanes of at least 4 members (excludes halogenated alkanes) is 2. The molecule has 0 atom stereocenters. The van der Waals surface area contributed by atoms with Gasteiger partial charge in [-0.05, 0) is 36.2 Å². The Labute approximate surface area is 133 Å². The third kappa shape index (κ3) is 3.64. The summed E-state index contributed by atoms with van der Waals surface area (Å²) < 4.78 is 1.58. The lowest BCUT2D eigenvalue weighted by Gasteiger charge is -2.13. The fourth-order valence-electron chi connectivity index (χ4n) is 2.41. The molecule has 6 nitrogen and oxygen atoms in total. The van der Waals surface area contributed by atoms with Gasteiger partial charge in [-0.3, -0.25) is 14.9 Å². The number of non-ortho nitro benzene ring substituents is 1. The fourth-order valence-corrected chi connectivity index (χ4v) is 2.41. The Morgan fingerprint density at radius 1 is 1.17 bits per heavy atom. The van der Waals surface area contributed by atoms with Gasteiger partial charge in [0.2, 0.25) is 0 Å². The summed E-state index contributed by atoms with van der Waals surface area (Å²) in [6, 6.07) is 11.2. The van der Waals surface area contributed by atoms with Crippen molar-refractivity contribution < 1.29 is 4.92 Å². The predicted molar refractivity (Wildman–Crippen MR) is 87.0 cm³/mol. The van der Waals surface area contributed by atoms with E-state index in [9.17, 15) is 14.9 Å². The number of hydrogen-bond acceptors (Lipinski definition) is 4. The summed E-state index contributed by atoms with van der Waals surface area (Å²) in [5.74, 6) is 0. The van der Waals surface area contributed by atoms with Gasteiger partial charge in [-0.1, -0.05) is 19.8 Å². The van der Waals surface area contributed by atoms with Crippen molar-refractivity contribution in [1.82, 2.24) is 4.57 Å². The van der Waals surface area contributed by atoms with Crippen molar-refractivity contribution in [1.29, 1.82) is 5.26 Å². The molecule has 6 heteroatoms. The second-order valence-corrected chi connectivity index (χ2v) is 5.21. The summed E-state index contributed by atoms with van der Waals surface area (Å²) in [4.78, 5) is 22.7. The Hall–Kier alpha value is -2.94. The minimum atomic E-state index is -0.461. The maximum Gasteiger partial charge on any atom is 0.269 e. The van der Waals surface area contributed by atoms with Gasteiger partial charge >= 0.3 is 0 Å². The molecule has 1 heterocycles. The lowest BCUT2D eigenvalue weighted by molar-refractivity contribution is -0.384. The van der Waals surface area contributed by atoms with Crippen molar-refractivity contribution in [3.8, 4) is 17.3 Å². The molecular weight excluding hydrogens is 294 g/mol. The Morgan fingerprint density at radius 2 is 1.87 bits per heavy atom. The molecule has 1 aromatic heterocycles. The highest BCUT2D eigenvalue weighted by atomic mass is 16.6. The van der Waals surface area contributed by atoms with Crippen molar-refractivity contribution in [3.63, 3.8) is 0 Å². The van der Waals surface area contributed by atoms with Crippen LogP contribution in [0.3, 0.4) is 0 Å². The molecule has 0 spiro atoms. The zero-order valence-corrected chi connectivity index (χ0v) is 12.9. The van der Waals surface area contributed by atoms with Crippen LogP contribution in [0.1, 0.15) is 31.7 Å². The number of nitriles is 1. The fraction of sp³-hybridized carbons (Fsp3) is 0.294. The lowest BCUT2D eigenvalue weighted by atomic mass is 10.1. The first-order valence-corrected chi connectivity index (χ1v) is 7.47. The highest BCUT2D eigenvalue weighted by Crippen LogP contribution is 2.22. The maximum absolute atomic E-state index is 12.4.